The molecule has 0 unspecified atom stereocenters. The van der Waals surface area contributed by atoms with E-state index in [0.29, 0.717) is 18.3 Å². The summed E-state index contributed by atoms with van der Waals surface area (Å²) in [6.45, 7) is 2.29. The molecule has 1 N–H and O–H groups in total. The van der Waals surface area contributed by atoms with Crippen molar-refractivity contribution in [1.82, 2.24) is 15.1 Å². The highest BCUT2D eigenvalue weighted by Gasteiger charge is 2.05. The second-order valence-corrected chi connectivity index (χ2v) is 4.52. The number of hydrogen-bond donors (Lipinski definition) is 1. The van der Waals surface area contributed by atoms with Gasteiger partial charge >= 0.3 is 0 Å². The van der Waals surface area contributed by atoms with E-state index in [9.17, 15) is 0 Å². The van der Waals surface area contributed by atoms with Gasteiger partial charge in [0.1, 0.15) is 5.82 Å². The number of anilines is 1. The predicted octanol–water partition coefficient (Wildman–Crippen LogP) is 2.60. The number of rotatable bonds is 3. The van der Waals surface area contributed by atoms with Crippen LogP contribution in [0.1, 0.15) is 11.7 Å². The number of aromatic nitrogens is 3. The molecule has 17 heavy (non-hydrogen) atoms. The lowest BCUT2D eigenvalue weighted by Gasteiger charge is -2.03. The van der Waals surface area contributed by atoms with Crippen molar-refractivity contribution in [1.29, 1.82) is 0 Å². The van der Waals surface area contributed by atoms with E-state index in [4.69, 9.17) is 4.52 Å². The highest BCUT2D eigenvalue weighted by atomic mass is 32.1. The molecule has 5 nitrogen and oxygen atoms in total. The Labute approximate surface area is 101 Å². The monoisotopic (exact) mass is 246 g/mol. The van der Waals surface area contributed by atoms with Gasteiger partial charge < -0.3 is 9.84 Å². The topological polar surface area (TPSA) is 63.8 Å². The summed E-state index contributed by atoms with van der Waals surface area (Å²) in [5.41, 5.74) is 0. The maximum absolute atomic E-state index is 4.91. The fourth-order valence-corrected chi connectivity index (χ4v) is 2.39. The van der Waals surface area contributed by atoms with Crippen molar-refractivity contribution in [2.24, 2.45) is 0 Å². The average Bonchev–Trinajstić information content (AvgIpc) is 2.94. The van der Waals surface area contributed by atoms with Crippen LogP contribution in [0.3, 0.4) is 0 Å². The minimum Gasteiger partial charge on any atom is -0.362 e. The van der Waals surface area contributed by atoms with Crippen LogP contribution in [-0.2, 0) is 6.54 Å². The molecule has 0 fully saturated rings. The molecule has 3 aromatic heterocycles. The Morgan fingerprint density at radius 1 is 1.41 bits per heavy atom. The molecular weight excluding hydrogens is 236 g/mol. The highest BCUT2D eigenvalue weighted by molar-refractivity contribution is 7.17. The number of fused-ring (bicyclic) bond motifs is 1. The van der Waals surface area contributed by atoms with Crippen LogP contribution < -0.4 is 5.32 Å². The van der Waals surface area contributed by atoms with E-state index in [-0.39, 0.29) is 0 Å². The van der Waals surface area contributed by atoms with Crippen LogP contribution in [0, 0.1) is 6.92 Å². The molecule has 0 aliphatic rings. The Kier molecular flexibility index (Phi) is 2.49. The molecule has 0 saturated carbocycles. The van der Waals surface area contributed by atoms with Crippen LogP contribution in [0.25, 0.3) is 10.1 Å². The number of aryl methyl sites for hydroxylation is 1. The molecular formula is C11H10N4OS. The fourth-order valence-electron chi connectivity index (χ4n) is 1.61. The first-order valence-electron chi connectivity index (χ1n) is 5.18. The van der Waals surface area contributed by atoms with Gasteiger partial charge in [-0.25, -0.2) is 4.98 Å². The number of nitrogens with zero attached hydrogens (tertiary/aromatic N) is 3. The third-order valence-electron chi connectivity index (χ3n) is 2.36. The Bertz CT molecular complexity index is 646. The van der Waals surface area contributed by atoms with Crippen LogP contribution in [0.5, 0.6) is 0 Å². The van der Waals surface area contributed by atoms with E-state index in [1.165, 1.54) is 4.70 Å². The number of pyridine rings is 1. The smallest absolute Gasteiger partial charge is 0.223 e. The van der Waals surface area contributed by atoms with Gasteiger partial charge in [0.25, 0.3) is 0 Å². The van der Waals surface area contributed by atoms with Gasteiger partial charge in [-0.05, 0) is 17.5 Å². The largest absolute Gasteiger partial charge is 0.362 e. The summed E-state index contributed by atoms with van der Waals surface area (Å²) in [5.74, 6) is 2.06. The molecule has 0 aliphatic heterocycles. The quantitative estimate of drug-likeness (QED) is 0.769. The van der Waals surface area contributed by atoms with Crippen LogP contribution in [0.15, 0.2) is 28.2 Å². The van der Waals surface area contributed by atoms with Gasteiger partial charge in [0, 0.05) is 23.2 Å². The summed E-state index contributed by atoms with van der Waals surface area (Å²) in [4.78, 5) is 8.44. The Morgan fingerprint density at radius 2 is 2.35 bits per heavy atom. The van der Waals surface area contributed by atoms with E-state index in [1.54, 1.807) is 24.5 Å². The van der Waals surface area contributed by atoms with Gasteiger partial charge in [0.2, 0.25) is 5.89 Å². The zero-order chi connectivity index (χ0) is 11.7. The van der Waals surface area contributed by atoms with Gasteiger partial charge in [-0.1, -0.05) is 5.16 Å². The lowest BCUT2D eigenvalue weighted by molar-refractivity contribution is 0.388. The maximum atomic E-state index is 4.91. The number of hydrogen-bond acceptors (Lipinski definition) is 6. The third kappa shape index (κ3) is 1.99. The molecule has 86 valence electrons. The van der Waals surface area contributed by atoms with Gasteiger partial charge in [-0.2, -0.15) is 4.98 Å². The van der Waals surface area contributed by atoms with Crippen molar-refractivity contribution >= 4 is 27.2 Å². The molecule has 0 amide bonds. The molecule has 0 bridgehead atoms. The zero-order valence-corrected chi connectivity index (χ0v) is 9.99. The molecule has 0 atom stereocenters. The van der Waals surface area contributed by atoms with Crippen LogP contribution in [0.2, 0.25) is 0 Å². The van der Waals surface area contributed by atoms with Gasteiger partial charge in [-0.3, -0.25) is 0 Å². The molecule has 0 aromatic carbocycles. The molecule has 0 aliphatic carbocycles. The average molecular weight is 246 g/mol. The first-order valence-corrected chi connectivity index (χ1v) is 6.06. The first kappa shape index (κ1) is 10.2. The lowest BCUT2D eigenvalue weighted by atomic mass is 10.3. The van der Waals surface area contributed by atoms with E-state index >= 15 is 0 Å². The summed E-state index contributed by atoms with van der Waals surface area (Å²) < 4.78 is 6.12. The molecule has 3 heterocycles. The van der Waals surface area contributed by atoms with Crippen molar-refractivity contribution in [2.45, 2.75) is 13.5 Å². The van der Waals surface area contributed by atoms with E-state index in [2.05, 4.69) is 31.9 Å². The molecule has 3 rings (SSSR count). The second-order valence-electron chi connectivity index (χ2n) is 3.58. The van der Waals surface area contributed by atoms with Crippen molar-refractivity contribution in [2.75, 3.05) is 5.32 Å². The standard InChI is InChI=1S/C11H10N4OS/c1-7-14-10(15-16-7)6-13-11-8-3-5-17-9(8)2-4-12-11/h2-5H,6H2,1H3,(H,12,13). The Hall–Kier alpha value is -1.95. The first-order chi connectivity index (χ1) is 8.33. The highest BCUT2D eigenvalue weighted by Crippen LogP contribution is 2.25. The van der Waals surface area contributed by atoms with Gasteiger partial charge in [0.05, 0.1) is 6.54 Å². The lowest BCUT2D eigenvalue weighted by Crippen LogP contribution is -2.02. The normalized spacial score (nSPS) is 10.9. The van der Waals surface area contributed by atoms with E-state index in [1.807, 2.05) is 6.07 Å². The van der Waals surface area contributed by atoms with Crippen molar-refractivity contribution in [3.63, 3.8) is 0 Å². The summed E-state index contributed by atoms with van der Waals surface area (Å²) >= 11 is 1.70. The summed E-state index contributed by atoms with van der Waals surface area (Å²) in [7, 11) is 0. The molecule has 0 saturated heterocycles. The van der Waals surface area contributed by atoms with Crippen LogP contribution in [0.4, 0.5) is 5.82 Å². The van der Waals surface area contributed by atoms with Crippen LogP contribution >= 0.6 is 11.3 Å². The number of nitrogens with one attached hydrogen (secondary N) is 1. The van der Waals surface area contributed by atoms with Gasteiger partial charge in [0.15, 0.2) is 5.82 Å². The number of thiophene rings is 1. The molecule has 0 spiro atoms. The Morgan fingerprint density at radius 3 is 3.18 bits per heavy atom. The van der Waals surface area contributed by atoms with Crippen molar-refractivity contribution < 1.29 is 4.52 Å². The molecule has 0 radical (unpaired) electrons. The summed E-state index contributed by atoms with van der Waals surface area (Å²) in [6, 6.07) is 4.06. The minimum atomic E-state index is 0.513. The van der Waals surface area contributed by atoms with Crippen molar-refractivity contribution in [3.05, 3.63) is 35.4 Å². The molecule has 6 heteroatoms. The van der Waals surface area contributed by atoms with E-state index < -0.39 is 0 Å². The van der Waals surface area contributed by atoms with Crippen molar-refractivity contribution in [3.8, 4) is 0 Å². The summed E-state index contributed by atoms with van der Waals surface area (Å²) in [6.07, 6.45) is 1.79. The summed E-state index contributed by atoms with van der Waals surface area (Å²) in [5, 5.41) is 10.2. The van der Waals surface area contributed by atoms with Gasteiger partial charge in [-0.15, -0.1) is 11.3 Å². The van der Waals surface area contributed by atoms with E-state index in [0.717, 1.165) is 11.2 Å². The third-order valence-corrected chi connectivity index (χ3v) is 3.25. The minimum absolute atomic E-state index is 0.513. The Balaban J connectivity index is 1.83. The molecule has 3 aromatic rings. The maximum Gasteiger partial charge on any atom is 0.223 e. The predicted molar refractivity (Wildman–Crippen MR) is 66.0 cm³/mol. The second kappa shape index (κ2) is 4.14. The SMILES string of the molecule is Cc1nc(CNc2nccc3sccc23)no1. The zero-order valence-electron chi connectivity index (χ0n) is 9.17. The fraction of sp³-hybridized carbons (Fsp3) is 0.182. The van der Waals surface area contributed by atoms with Crippen LogP contribution in [-0.4, -0.2) is 15.1 Å².